The lowest BCUT2D eigenvalue weighted by atomic mass is 10.3. The summed E-state index contributed by atoms with van der Waals surface area (Å²) in [6.07, 6.45) is 3.38. The maximum atomic E-state index is 10.4. The summed E-state index contributed by atoms with van der Waals surface area (Å²) in [5.41, 5.74) is 0.947. The summed E-state index contributed by atoms with van der Waals surface area (Å²) in [5.74, 6) is -0.849. The average molecular weight is 169 g/mol. The molecule has 0 spiro atoms. The van der Waals surface area contributed by atoms with Gasteiger partial charge in [-0.15, -0.1) is 0 Å². The fraction of sp³-hybridized carbons (Fsp3) is 0.429. The first-order chi connectivity index (χ1) is 5.70. The minimum atomic E-state index is -0.849. The third-order valence-electron chi connectivity index (χ3n) is 1.54. The van der Waals surface area contributed by atoms with Crippen LogP contribution in [0.2, 0.25) is 0 Å². The highest BCUT2D eigenvalue weighted by molar-refractivity contribution is 5.72. The molecule has 5 heteroatoms. The number of aromatic nitrogens is 2. The summed E-state index contributed by atoms with van der Waals surface area (Å²) in [7, 11) is 0. The summed E-state index contributed by atoms with van der Waals surface area (Å²) in [5, 5.41) is 17.7. The van der Waals surface area contributed by atoms with Gasteiger partial charge in [0.15, 0.2) is 0 Å². The van der Waals surface area contributed by atoms with Gasteiger partial charge in [-0.2, -0.15) is 5.10 Å². The van der Waals surface area contributed by atoms with E-state index in [9.17, 15) is 4.79 Å². The summed E-state index contributed by atoms with van der Waals surface area (Å²) in [4.78, 5) is 10.4. The molecule has 0 aromatic carbocycles. The van der Waals surface area contributed by atoms with Crippen molar-refractivity contribution >= 4 is 5.97 Å². The zero-order chi connectivity index (χ0) is 8.97. The Balaban J connectivity index is 2.31. The van der Waals surface area contributed by atoms with Gasteiger partial charge in [0.2, 0.25) is 0 Å². The number of aromatic amines is 1. The molecule has 0 saturated carbocycles. The quantitative estimate of drug-likeness (QED) is 0.591. The Hall–Kier alpha value is -1.36. The third-order valence-corrected chi connectivity index (χ3v) is 1.54. The predicted octanol–water partition coefficient (Wildman–Crippen LogP) is -0.0276. The van der Waals surface area contributed by atoms with Crippen LogP contribution in [0.15, 0.2) is 12.4 Å². The summed E-state index contributed by atoms with van der Waals surface area (Å²) >= 11 is 0. The van der Waals surface area contributed by atoms with E-state index in [1.54, 1.807) is 19.3 Å². The molecule has 0 aliphatic carbocycles. The lowest BCUT2D eigenvalue weighted by Gasteiger charge is -2.06. The second-order valence-electron chi connectivity index (χ2n) is 2.55. The normalized spacial score (nSPS) is 12.8. The van der Waals surface area contributed by atoms with Crippen LogP contribution in [-0.4, -0.2) is 27.3 Å². The highest BCUT2D eigenvalue weighted by Gasteiger charge is 2.08. The van der Waals surface area contributed by atoms with Gasteiger partial charge < -0.3 is 10.4 Å². The van der Waals surface area contributed by atoms with Crippen LogP contribution in [0.3, 0.4) is 0 Å². The van der Waals surface area contributed by atoms with Crippen LogP contribution in [0.25, 0.3) is 0 Å². The summed E-state index contributed by atoms with van der Waals surface area (Å²) < 4.78 is 0. The molecule has 1 aromatic rings. The molecule has 0 aliphatic rings. The largest absolute Gasteiger partial charge is 0.480 e. The Labute approximate surface area is 69.8 Å². The average Bonchev–Trinajstić information content (AvgIpc) is 2.51. The molecule has 0 amide bonds. The van der Waals surface area contributed by atoms with Crippen LogP contribution in [-0.2, 0) is 11.3 Å². The smallest absolute Gasteiger partial charge is 0.320 e. The predicted molar refractivity (Wildman–Crippen MR) is 42.5 cm³/mol. The number of hydrogen-bond acceptors (Lipinski definition) is 3. The van der Waals surface area contributed by atoms with Gasteiger partial charge in [0.25, 0.3) is 0 Å². The van der Waals surface area contributed by atoms with Crippen molar-refractivity contribution in [2.24, 2.45) is 0 Å². The van der Waals surface area contributed by atoms with Crippen LogP contribution in [0.5, 0.6) is 0 Å². The Morgan fingerprint density at radius 3 is 3.17 bits per heavy atom. The fourth-order valence-corrected chi connectivity index (χ4v) is 0.733. The highest BCUT2D eigenvalue weighted by Crippen LogP contribution is 1.93. The van der Waals surface area contributed by atoms with Gasteiger partial charge in [-0.25, -0.2) is 0 Å². The minimum absolute atomic E-state index is 0.518. The van der Waals surface area contributed by atoms with Crippen LogP contribution in [0, 0.1) is 0 Å². The van der Waals surface area contributed by atoms with E-state index in [4.69, 9.17) is 5.11 Å². The molecule has 0 aliphatic heterocycles. The Morgan fingerprint density at radius 1 is 1.92 bits per heavy atom. The van der Waals surface area contributed by atoms with E-state index in [0.717, 1.165) is 5.56 Å². The van der Waals surface area contributed by atoms with Crippen molar-refractivity contribution in [2.75, 3.05) is 0 Å². The van der Waals surface area contributed by atoms with Gasteiger partial charge in [0.1, 0.15) is 6.04 Å². The van der Waals surface area contributed by atoms with Crippen LogP contribution < -0.4 is 5.32 Å². The van der Waals surface area contributed by atoms with E-state index in [1.807, 2.05) is 0 Å². The molecule has 1 unspecified atom stereocenters. The lowest BCUT2D eigenvalue weighted by Crippen LogP contribution is -2.32. The van der Waals surface area contributed by atoms with Crippen molar-refractivity contribution < 1.29 is 9.90 Å². The second kappa shape index (κ2) is 3.87. The van der Waals surface area contributed by atoms with E-state index in [0.29, 0.717) is 6.54 Å². The number of carbonyl (C=O) groups is 1. The number of hydrogen-bond donors (Lipinski definition) is 3. The highest BCUT2D eigenvalue weighted by atomic mass is 16.4. The van der Waals surface area contributed by atoms with E-state index >= 15 is 0 Å². The molecular weight excluding hydrogens is 158 g/mol. The molecule has 0 saturated heterocycles. The second-order valence-corrected chi connectivity index (χ2v) is 2.55. The first-order valence-electron chi connectivity index (χ1n) is 3.64. The molecule has 1 heterocycles. The van der Waals surface area contributed by atoms with Gasteiger partial charge in [0, 0.05) is 18.3 Å². The zero-order valence-corrected chi connectivity index (χ0v) is 6.74. The maximum absolute atomic E-state index is 10.4. The van der Waals surface area contributed by atoms with E-state index in [-0.39, 0.29) is 0 Å². The van der Waals surface area contributed by atoms with Crippen LogP contribution >= 0.6 is 0 Å². The molecule has 1 rings (SSSR count). The number of H-pyrrole nitrogens is 1. The number of rotatable bonds is 4. The van der Waals surface area contributed by atoms with Crippen molar-refractivity contribution in [3.8, 4) is 0 Å². The monoisotopic (exact) mass is 169 g/mol. The molecule has 1 atom stereocenters. The molecule has 0 fully saturated rings. The summed E-state index contributed by atoms with van der Waals surface area (Å²) in [6.45, 7) is 2.12. The van der Waals surface area contributed by atoms with Crippen molar-refractivity contribution in [3.05, 3.63) is 18.0 Å². The maximum Gasteiger partial charge on any atom is 0.320 e. The fourth-order valence-electron chi connectivity index (χ4n) is 0.733. The van der Waals surface area contributed by atoms with Crippen molar-refractivity contribution in [1.29, 1.82) is 0 Å². The summed E-state index contributed by atoms with van der Waals surface area (Å²) in [6, 6.07) is -0.528. The first-order valence-corrected chi connectivity index (χ1v) is 3.64. The van der Waals surface area contributed by atoms with Crippen molar-refractivity contribution in [1.82, 2.24) is 15.5 Å². The molecule has 12 heavy (non-hydrogen) atoms. The molecule has 1 aromatic heterocycles. The Morgan fingerprint density at radius 2 is 2.67 bits per heavy atom. The standard InChI is InChI=1S/C7H11N3O2/c1-5(7(11)12)8-2-6-3-9-10-4-6/h3-5,8H,2H2,1H3,(H,9,10)(H,11,12). The Bertz CT molecular complexity index is 245. The van der Waals surface area contributed by atoms with Crippen LogP contribution in [0.4, 0.5) is 0 Å². The topological polar surface area (TPSA) is 78.0 Å². The molecule has 5 nitrogen and oxygen atoms in total. The SMILES string of the molecule is CC(NCc1cn[nH]c1)C(=O)O. The minimum Gasteiger partial charge on any atom is -0.480 e. The molecule has 0 radical (unpaired) electrons. The molecule has 3 N–H and O–H groups in total. The Kier molecular flexibility index (Phi) is 2.82. The van der Waals surface area contributed by atoms with Crippen molar-refractivity contribution in [3.63, 3.8) is 0 Å². The first kappa shape index (κ1) is 8.73. The lowest BCUT2D eigenvalue weighted by molar-refractivity contribution is -0.139. The van der Waals surface area contributed by atoms with Gasteiger partial charge in [0.05, 0.1) is 6.20 Å². The third kappa shape index (κ3) is 2.35. The number of aliphatic carboxylic acids is 1. The number of carboxylic acids is 1. The number of nitrogens with one attached hydrogen (secondary N) is 2. The molecule has 66 valence electrons. The van der Waals surface area contributed by atoms with Gasteiger partial charge in [-0.1, -0.05) is 0 Å². The van der Waals surface area contributed by atoms with Gasteiger partial charge in [-0.3, -0.25) is 9.89 Å². The molecule has 0 bridgehead atoms. The zero-order valence-electron chi connectivity index (χ0n) is 6.74. The number of carboxylic acid groups (broad SMARTS) is 1. The van der Waals surface area contributed by atoms with E-state index < -0.39 is 12.0 Å². The van der Waals surface area contributed by atoms with E-state index in [2.05, 4.69) is 15.5 Å². The number of nitrogens with zero attached hydrogens (tertiary/aromatic N) is 1. The van der Waals surface area contributed by atoms with Gasteiger partial charge >= 0.3 is 5.97 Å². The van der Waals surface area contributed by atoms with Gasteiger partial charge in [-0.05, 0) is 6.92 Å². The van der Waals surface area contributed by atoms with Crippen molar-refractivity contribution in [2.45, 2.75) is 19.5 Å². The van der Waals surface area contributed by atoms with E-state index in [1.165, 1.54) is 0 Å². The molecular formula is C7H11N3O2. The van der Waals surface area contributed by atoms with Crippen LogP contribution in [0.1, 0.15) is 12.5 Å².